The first-order valence-corrected chi connectivity index (χ1v) is 6.75. The van der Waals surface area contributed by atoms with Crippen LogP contribution < -0.4 is 5.73 Å². The Balaban J connectivity index is 2.43. The minimum Gasteiger partial charge on any atom is -0.384 e. The average Bonchev–Trinajstić information content (AvgIpc) is 2.63. The summed E-state index contributed by atoms with van der Waals surface area (Å²) < 4.78 is 8.02. The van der Waals surface area contributed by atoms with E-state index in [4.69, 9.17) is 10.5 Å². The molecule has 0 amide bonds. The number of nitrogens with zero attached hydrogens (tertiary/aromatic N) is 4. The summed E-state index contributed by atoms with van der Waals surface area (Å²) in [5.74, 6) is 1.61. The van der Waals surface area contributed by atoms with E-state index >= 15 is 0 Å². The van der Waals surface area contributed by atoms with E-state index in [1.165, 1.54) is 0 Å². The number of hydrogen-bond donors (Lipinski definition) is 1. The van der Waals surface area contributed by atoms with Crippen molar-refractivity contribution >= 4 is 21.7 Å². The fourth-order valence-electron chi connectivity index (χ4n) is 1.72. The van der Waals surface area contributed by atoms with Crippen LogP contribution in [0, 0.1) is 13.8 Å². The highest BCUT2D eigenvalue weighted by atomic mass is 79.9. The molecule has 0 spiro atoms. The number of anilines is 1. The first-order chi connectivity index (χ1) is 9.02. The van der Waals surface area contributed by atoms with Gasteiger partial charge in [0.1, 0.15) is 12.4 Å². The molecule has 102 valence electrons. The maximum absolute atomic E-state index is 5.80. The van der Waals surface area contributed by atoms with Gasteiger partial charge in [-0.2, -0.15) is 5.10 Å². The number of ether oxygens (including phenoxy) is 1. The Labute approximate surface area is 120 Å². The zero-order chi connectivity index (χ0) is 14.0. The summed E-state index contributed by atoms with van der Waals surface area (Å²) in [6.07, 6.45) is 0. The quantitative estimate of drug-likeness (QED) is 0.931. The Hall–Kier alpha value is -1.47. The monoisotopic (exact) mass is 325 g/mol. The highest BCUT2D eigenvalue weighted by molar-refractivity contribution is 9.10. The van der Waals surface area contributed by atoms with Gasteiger partial charge < -0.3 is 10.5 Å². The van der Waals surface area contributed by atoms with Crippen molar-refractivity contribution < 1.29 is 4.74 Å². The molecule has 0 aliphatic heterocycles. The summed E-state index contributed by atoms with van der Waals surface area (Å²) in [7, 11) is 0. The largest absolute Gasteiger partial charge is 0.384 e. The second-order valence-electron chi connectivity index (χ2n) is 4.10. The van der Waals surface area contributed by atoms with E-state index in [0.29, 0.717) is 30.7 Å². The lowest BCUT2D eigenvalue weighted by Crippen LogP contribution is -2.09. The van der Waals surface area contributed by atoms with Crippen molar-refractivity contribution in [1.82, 2.24) is 19.7 Å². The zero-order valence-corrected chi connectivity index (χ0v) is 12.7. The summed E-state index contributed by atoms with van der Waals surface area (Å²) in [6, 6.07) is 1.70. The SMILES string of the molecule is CCOCc1nc(N)cc(-n2nc(C)c(Br)c2C)n1. The van der Waals surface area contributed by atoms with Crippen LogP contribution in [0.1, 0.15) is 24.1 Å². The van der Waals surface area contributed by atoms with Crippen molar-refractivity contribution in [3.63, 3.8) is 0 Å². The van der Waals surface area contributed by atoms with Crippen LogP contribution in [0.4, 0.5) is 5.82 Å². The molecule has 0 saturated heterocycles. The molecule has 0 saturated carbocycles. The highest BCUT2D eigenvalue weighted by Crippen LogP contribution is 2.22. The van der Waals surface area contributed by atoms with Crippen LogP contribution in [0.5, 0.6) is 0 Å². The number of nitrogen functional groups attached to an aromatic ring is 1. The topological polar surface area (TPSA) is 78.9 Å². The van der Waals surface area contributed by atoms with Crippen LogP contribution >= 0.6 is 15.9 Å². The smallest absolute Gasteiger partial charge is 0.159 e. The summed E-state index contributed by atoms with van der Waals surface area (Å²) >= 11 is 3.49. The number of aryl methyl sites for hydroxylation is 1. The Morgan fingerprint density at radius 2 is 2.11 bits per heavy atom. The molecule has 0 bridgehead atoms. The van der Waals surface area contributed by atoms with E-state index in [1.54, 1.807) is 10.7 Å². The summed E-state index contributed by atoms with van der Waals surface area (Å²) in [5.41, 5.74) is 7.68. The van der Waals surface area contributed by atoms with Crippen LogP contribution in [0.3, 0.4) is 0 Å². The lowest BCUT2D eigenvalue weighted by molar-refractivity contribution is 0.128. The molecular formula is C12H16BrN5O. The van der Waals surface area contributed by atoms with Crippen molar-refractivity contribution in [2.45, 2.75) is 27.4 Å². The van der Waals surface area contributed by atoms with Gasteiger partial charge in [-0.1, -0.05) is 0 Å². The molecule has 2 heterocycles. The molecule has 0 aliphatic rings. The third kappa shape index (κ3) is 2.93. The minimum atomic E-state index is 0.342. The molecule has 2 aromatic heterocycles. The van der Waals surface area contributed by atoms with E-state index in [0.717, 1.165) is 15.9 Å². The van der Waals surface area contributed by atoms with E-state index in [-0.39, 0.29) is 0 Å². The molecule has 2 aromatic rings. The number of hydrogen-bond acceptors (Lipinski definition) is 5. The molecule has 0 atom stereocenters. The summed E-state index contributed by atoms with van der Waals surface area (Å²) in [4.78, 5) is 8.56. The second-order valence-corrected chi connectivity index (χ2v) is 4.89. The van der Waals surface area contributed by atoms with Gasteiger partial charge in [-0.15, -0.1) is 0 Å². The predicted octanol–water partition coefficient (Wildman–Crippen LogP) is 2.16. The van der Waals surface area contributed by atoms with Gasteiger partial charge in [0.25, 0.3) is 0 Å². The van der Waals surface area contributed by atoms with E-state index in [9.17, 15) is 0 Å². The van der Waals surface area contributed by atoms with Gasteiger partial charge in [-0.05, 0) is 36.7 Å². The predicted molar refractivity (Wildman–Crippen MR) is 76.1 cm³/mol. The average molecular weight is 326 g/mol. The zero-order valence-electron chi connectivity index (χ0n) is 11.1. The van der Waals surface area contributed by atoms with Gasteiger partial charge in [0, 0.05) is 12.7 Å². The van der Waals surface area contributed by atoms with Gasteiger partial charge in [0.15, 0.2) is 11.6 Å². The normalized spacial score (nSPS) is 10.9. The summed E-state index contributed by atoms with van der Waals surface area (Å²) in [6.45, 7) is 6.77. The van der Waals surface area contributed by atoms with Crippen LogP contribution in [-0.2, 0) is 11.3 Å². The standard InChI is InChI=1S/C12H16BrN5O/c1-4-19-6-10-15-9(14)5-11(16-10)18-8(3)12(13)7(2)17-18/h5H,4,6H2,1-3H3,(H2,14,15,16). The van der Waals surface area contributed by atoms with Crippen molar-refractivity contribution in [3.8, 4) is 5.82 Å². The number of aromatic nitrogens is 4. The lowest BCUT2D eigenvalue weighted by atomic mass is 10.4. The first kappa shape index (κ1) is 14.0. The van der Waals surface area contributed by atoms with Crippen LogP contribution in [0.15, 0.2) is 10.5 Å². The fraction of sp³-hybridized carbons (Fsp3) is 0.417. The molecule has 2 N–H and O–H groups in total. The van der Waals surface area contributed by atoms with Gasteiger partial charge in [-0.3, -0.25) is 0 Å². The van der Waals surface area contributed by atoms with Crippen molar-refractivity contribution in [3.05, 3.63) is 27.8 Å². The highest BCUT2D eigenvalue weighted by Gasteiger charge is 2.13. The third-order valence-corrected chi connectivity index (χ3v) is 3.78. The summed E-state index contributed by atoms with van der Waals surface area (Å²) in [5, 5.41) is 4.43. The first-order valence-electron chi connectivity index (χ1n) is 5.96. The second kappa shape index (κ2) is 5.66. The lowest BCUT2D eigenvalue weighted by Gasteiger charge is -2.07. The van der Waals surface area contributed by atoms with Crippen LogP contribution in [0.2, 0.25) is 0 Å². The van der Waals surface area contributed by atoms with Gasteiger partial charge >= 0.3 is 0 Å². The molecule has 7 heteroatoms. The fourth-order valence-corrected chi connectivity index (χ4v) is 1.96. The molecule has 0 fully saturated rings. The molecule has 0 unspecified atom stereocenters. The number of nitrogens with two attached hydrogens (primary N) is 1. The Morgan fingerprint density at radius 1 is 1.37 bits per heavy atom. The molecule has 19 heavy (non-hydrogen) atoms. The van der Waals surface area contributed by atoms with E-state index in [2.05, 4.69) is 31.0 Å². The van der Waals surface area contributed by atoms with Crippen molar-refractivity contribution in [2.75, 3.05) is 12.3 Å². The molecule has 0 aliphatic carbocycles. The molecule has 0 radical (unpaired) electrons. The Morgan fingerprint density at radius 3 is 2.68 bits per heavy atom. The Kier molecular flexibility index (Phi) is 4.16. The van der Waals surface area contributed by atoms with Crippen molar-refractivity contribution in [2.24, 2.45) is 0 Å². The minimum absolute atomic E-state index is 0.342. The van der Waals surface area contributed by atoms with Gasteiger partial charge in [-0.25, -0.2) is 14.6 Å². The van der Waals surface area contributed by atoms with E-state index < -0.39 is 0 Å². The maximum Gasteiger partial charge on any atom is 0.159 e. The van der Waals surface area contributed by atoms with Crippen molar-refractivity contribution in [1.29, 1.82) is 0 Å². The van der Waals surface area contributed by atoms with Crippen LogP contribution in [-0.4, -0.2) is 26.4 Å². The molecule has 0 aromatic carbocycles. The Bertz CT molecular complexity index is 596. The number of halogens is 1. The van der Waals surface area contributed by atoms with Crippen LogP contribution in [0.25, 0.3) is 5.82 Å². The molecule has 6 nitrogen and oxygen atoms in total. The number of rotatable bonds is 4. The van der Waals surface area contributed by atoms with Gasteiger partial charge in [0.2, 0.25) is 0 Å². The molecular weight excluding hydrogens is 310 g/mol. The third-order valence-electron chi connectivity index (χ3n) is 2.63. The van der Waals surface area contributed by atoms with E-state index in [1.807, 2.05) is 20.8 Å². The molecule has 2 rings (SSSR count). The maximum atomic E-state index is 5.80. The van der Waals surface area contributed by atoms with Gasteiger partial charge in [0.05, 0.1) is 15.9 Å².